The Morgan fingerprint density at radius 3 is 2.21 bits per heavy atom. The molecule has 0 aliphatic carbocycles. The van der Waals surface area contributed by atoms with E-state index in [0.717, 1.165) is 12.1 Å². The average molecular weight is 593 g/mol. The molecule has 14 heteroatoms. The fraction of sp³-hybridized carbons (Fsp3) is 0.464. The molecule has 0 amide bonds. The second-order valence-electron chi connectivity index (χ2n) is 10.9. The predicted octanol–water partition coefficient (Wildman–Crippen LogP) is -0.666. The van der Waals surface area contributed by atoms with E-state index < -0.39 is 89.8 Å². The number of fused-ring (bicyclic) bond motifs is 1. The Morgan fingerprint density at radius 1 is 0.905 bits per heavy atom. The van der Waals surface area contributed by atoms with Gasteiger partial charge in [-0.25, -0.2) is 0 Å². The van der Waals surface area contributed by atoms with Gasteiger partial charge in [-0.15, -0.1) is 0 Å². The maximum absolute atomic E-state index is 13.2. The van der Waals surface area contributed by atoms with Crippen LogP contribution in [0.15, 0.2) is 45.6 Å². The summed E-state index contributed by atoms with van der Waals surface area (Å²) in [7, 11) is 0. The number of aliphatic hydroxyl groups excluding tert-OH is 6. The van der Waals surface area contributed by atoms with E-state index in [1.54, 1.807) is 0 Å². The summed E-state index contributed by atoms with van der Waals surface area (Å²) < 4.78 is 22.9. The standard InChI is InChI=1S/C28H32O14/c1-28(2)26(38)22(36)23(37)27(42-28)41-25-21(35)19(33)16(9-29)40-24(25)18-13(32)8-15-17(20(18)34)12(31)7-14(39-15)10-3-5-11(30)6-4-10/h3-8,16,19,21-27,29-30,32-38H,9H2,1-2H3. The van der Waals surface area contributed by atoms with Gasteiger partial charge in [0.1, 0.15) is 82.8 Å². The fourth-order valence-electron chi connectivity index (χ4n) is 5.29. The molecule has 0 saturated carbocycles. The molecule has 2 aliphatic rings. The van der Waals surface area contributed by atoms with Gasteiger partial charge in [0.25, 0.3) is 0 Å². The topological polar surface area (TPSA) is 240 Å². The number of phenolic OH excluding ortho intramolecular Hbond substituents is 3. The molecule has 0 spiro atoms. The second-order valence-corrected chi connectivity index (χ2v) is 10.9. The normalized spacial score (nSPS) is 33.1. The number of phenols is 3. The lowest BCUT2D eigenvalue weighted by Crippen LogP contribution is -2.65. The van der Waals surface area contributed by atoms with E-state index in [1.165, 1.54) is 38.1 Å². The van der Waals surface area contributed by atoms with Crippen molar-refractivity contribution in [2.45, 2.75) is 74.6 Å². The van der Waals surface area contributed by atoms with Crippen molar-refractivity contribution in [1.29, 1.82) is 0 Å². The van der Waals surface area contributed by atoms with E-state index in [9.17, 15) is 50.8 Å². The summed E-state index contributed by atoms with van der Waals surface area (Å²) in [5.41, 5.74) is -2.43. The molecule has 3 aromatic rings. The maximum Gasteiger partial charge on any atom is 0.197 e. The van der Waals surface area contributed by atoms with Gasteiger partial charge < -0.3 is 64.6 Å². The Hall–Kier alpha value is -3.31. The van der Waals surface area contributed by atoms with Crippen LogP contribution in [0.5, 0.6) is 17.2 Å². The van der Waals surface area contributed by atoms with E-state index in [-0.39, 0.29) is 22.5 Å². The van der Waals surface area contributed by atoms with Crippen LogP contribution in [0, 0.1) is 0 Å². The zero-order chi connectivity index (χ0) is 30.7. The van der Waals surface area contributed by atoms with Crippen LogP contribution < -0.4 is 5.43 Å². The van der Waals surface area contributed by atoms with Gasteiger partial charge in [0.2, 0.25) is 0 Å². The van der Waals surface area contributed by atoms with E-state index in [2.05, 4.69) is 0 Å². The van der Waals surface area contributed by atoms with Crippen LogP contribution >= 0.6 is 0 Å². The van der Waals surface area contributed by atoms with Crippen molar-refractivity contribution in [2.75, 3.05) is 6.61 Å². The number of rotatable bonds is 5. The molecule has 228 valence electrons. The van der Waals surface area contributed by atoms with Crippen molar-refractivity contribution in [1.82, 2.24) is 0 Å². The van der Waals surface area contributed by atoms with Gasteiger partial charge in [0, 0.05) is 17.7 Å². The highest BCUT2D eigenvalue weighted by atomic mass is 16.7. The summed E-state index contributed by atoms with van der Waals surface area (Å²) in [6, 6.07) is 7.85. The molecule has 2 saturated heterocycles. The highest BCUT2D eigenvalue weighted by Crippen LogP contribution is 2.46. The first-order valence-electron chi connectivity index (χ1n) is 13.1. The molecule has 14 nitrogen and oxygen atoms in total. The third kappa shape index (κ3) is 5.10. The molecule has 2 aromatic carbocycles. The third-order valence-corrected chi connectivity index (χ3v) is 7.69. The summed E-state index contributed by atoms with van der Waals surface area (Å²) in [6.45, 7) is 2.03. The average Bonchev–Trinajstić information content (AvgIpc) is 2.93. The van der Waals surface area contributed by atoms with Crippen LogP contribution in [0.25, 0.3) is 22.3 Å². The first-order valence-corrected chi connectivity index (χ1v) is 13.1. The predicted molar refractivity (Wildman–Crippen MR) is 141 cm³/mol. The number of hydrogen-bond acceptors (Lipinski definition) is 14. The monoisotopic (exact) mass is 592 g/mol. The fourth-order valence-corrected chi connectivity index (χ4v) is 5.29. The Morgan fingerprint density at radius 2 is 1.57 bits per heavy atom. The summed E-state index contributed by atoms with van der Waals surface area (Å²) >= 11 is 0. The molecule has 2 fully saturated rings. The lowest BCUT2D eigenvalue weighted by molar-refractivity contribution is -0.357. The molecule has 0 radical (unpaired) electrons. The molecule has 9 N–H and O–H groups in total. The van der Waals surface area contributed by atoms with Gasteiger partial charge in [-0.1, -0.05) is 0 Å². The molecule has 0 bridgehead atoms. The molecule has 5 rings (SSSR count). The van der Waals surface area contributed by atoms with E-state index in [1.807, 2.05) is 0 Å². The minimum atomic E-state index is -1.87. The van der Waals surface area contributed by atoms with Gasteiger partial charge in [-0.05, 0) is 38.1 Å². The zero-order valence-corrected chi connectivity index (χ0v) is 22.4. The number of aliphatic hydroxyl groups is 6. The van der Waals surface area contributed by atoms with Crippen LogP contribution in [-0.2, 0) is 14.2 Å². The summed E-state index contributed by atoms with van der Waals surface area (Å²) in [5, 5.41) is 93.9. The highest BCUT2D eigenvalue weighted by molar-refractivity contribution is 5.88. The first-order chi connectivity index (χ1) is 19.7. The Kier molecular flexibility index (Phi) is 7.95. The minimum absolute atomic E-state index is 0.0139. The molecule has 1 aromatic heterocycles. The molecular weight excluding hydrogens is 560 g/mol. The lowest BCUT2D eigenvalue weighted by atomic mass is 9.88. The Labute approximate surface area is 237 Å². The van der Waals surface area contributed by atoms with Gasteiger partial charge in [0.15, 0.2) is 11.7 Å². The number of ether oxygens (including phenoxy) is 3. The lowest BCUT2D eigenvalue weighted by Gasteiger charge is -2.48. The molecule has 3 heterocycles. The van der Waals surface area contributed by atoms with Crippen molar-refractivity contribution < 1.29 is 64.6 Å². The van der Waals surface area contributed by atoms with Gasteiger partial charge in [-0.3, -0.25) is 4.79 Å². The molecule has 42 heavy (non-hydrogen) atoms. The molecule has 9 atom stereocenters. The zero-order valence-electron chi connectivity index (χ0n) is 22.4. The van der Waals surface area contributed by atoms with E-state index in [4.69, 9.17) is 18.6 Å². The number of aromatic hydroxyl groups is 3. The van der Waals surface area contributed by atoms with Crippen molar-refractivity contribution in [3.05, 3.63) is 52.2 Å². The number of hydrogen-bond donors (Lipinski definition) is 9. The smallest absolute Gasteiger partial charge is 0.197 e. The van der Waals surface area contributed by atoms with Crippen LogP contribution in [0.1, 0.15) is 25.5 Å². The van der Waals surface area contributed by atoms with Gasteiger partial charge in [-0.2, -0.15) is 0 Å². The van der Waals surface area contributed by atoms with Crippen molar-refractivity contribution in [2.24, 2.45) is 0 Å². The van der Waals surface area contributed by atoms with Crippen LogP contribution in [-0.4, -0.2) is 107 Å². The van der Waals surface area contributed by atoms with Gasteiger partial charge in [0.05, 0.1) is 17.8 Å². The maximum atomic E-state index is 13.2. The summed E-state index contributed by atoms with van der Waals surface area (Å²) in [5.74, 6) is -1.43. The first kappa shape index (κ1) is 30.2. The number of benzene rings is 2. The van der Waals surface area contributed by atoms with E-state index >= 15 is 0 Å². The molecular formula is C28H32O14. The molecule has 2 aliphatic heterocycles. The summed E-state index contributed by atoms with van der Waals surface area (Å²) in [4.78, 5) is 13.2. The van der Waals surface area contributed by atoms with Crippen molar-refractivity contribution >= 4 is 11.0 Å². The van der Waals surface area contributed by atoms with Crippen LogP contribution in [0.2, 0.25) is 0 Å². The van der Waals surface area contributed by atoms with Crippen LogP contribution in [0.3, 0.4) is 0 Å². The second kappa shape index (κ2) is 11.1. The highest BCUT2D eigenvalue weighted by Gasteiger charge is 2.53. The summed E-state index contributed by atoms with van der Waals surface area (Å²) in [6.07, 6.45) is -15.2. The Bertz CT molecular complexity index is 1500. The van der Waals surface area contributed by atoms with Gasteiger partial charge >= 0.3 is 0 Å². The third-order valence-electron chi connectivity index (χ3n) is 7.69. The largest absolute Gasteiger partial charge is 0.508 e. The van der Waals surface area contributed by atoms with E-state index in [0.29, 0.717) is 5.56 Å². The quantitative estimate of drug-likeness (QED) is 0.179. The minimum Gasteiger partial charge on any atom is -0.508 e. The molecule has 9 unspecified atom stereocenters. The van der Waals surface area contributed by atoms with Crippen molar-refractivity contribution in [3.63, 3.8) is 0 Å². The van der Waals surface area contributed by atoms with Crippen molar-refractivity contribution in [3.8, 4) is 28.6 Å². The SMILES string of the molecule is CC1(C)OC(OC2C(c3c(O)cc4oc(-c5ccc(O)cc5)cc(=O)c4c3O)OC(CO)C(O)C2O)C(O)C(O)C1O. The van der Waals surface area contributed by atoms with Crippen LogP contribution in [0.4, 0.5) is 0 Å². The Balaban J connectivity index is 1.59.